The minimum Gasteiger partial charge on any atom is -0.477 e. The SMILES string of the molecule is O=C(O)C(Cn1nnnc1SCC1=CN2C(=O)C(NC(=O)C(=NOC3CCCC3)c3csc(NC(=O)C(F)(F)F)n3)[C@H]2SC1)=NO. The highest BCUT2D eigenvalue weighted by Crippen LogP contribution is 2.37. The molecule has 0 spiro atoms. The van der Waals surface area contributed by atoms with Crippen LogP contribution in [0.1, 0.15) is 31.4 Å². The predicted molar refractivity (Wildman–Crippen MR) is 155 cm³/mol. The highest BCUT2D eigenvalue weighted by atomic mass is 32.2. The Bertz CT molecular complexity index is 1610. The van der Waals surface area contributed by atoms with Crippen molar-refractivity contribution in [2.45, 2.75) is 61.1 Å². The number of rotatable bonds is 12. The summed E-state index contributed by atoms with van der Waals surface area (Å²) in [7, 11) is 0. The number of amides is 3. The molecule has 0 bridgehead atoms. The monoisotopic (exact) mass is 704 g/mol. The number of thioether (sulfide) groups is 2. The summed E-state index contributed by atoms with van der Waals surface area (Å²) in [5.74, 6) is -4.11. The van der Waals surface area contributed by atoms with Gasteiger partial charge in [-0.1, -0.05) is 22.1 Å². The summed E-state index contributed by atoms with van der Waals surface area (Å²) < 4.78 is 39.2. The van der Waals surface area contributed by atoms with Crippen LogP contribution in [0, 0.1) is 0 Å². The number of halogens is 3. The third-order valence-electron chi connectivity index (χ3n) is 6.72. The predicted octanol–water partition coefficient (Wildman–Crippen LogP) is 1.28. The fourth-order valence-corrected chi connectivity index (χ4v) is 7.34. The Balaban J connectivity index is 1.22. The van der Waals surface area contributed by atoms with Crippen LogP contribution in [-0.2, 0) is 30.6 Å². The maximum atomic E-state index is 13.3. The third-order valence-corrected chi connectivity index (χ3v) is 9.92. The van der Waals surface area contributed by atoms with Gasteiger partial charge in [0.25, 0.3) is 11.8 Å². The molecule has 3 amide bonds. The van der Waals surface area contributed by atoms with Gasteiger partial charge in [-0.05, 0) is 41.7 Å². The lowest BCUT2D eigenvalue weighted by molar-refractivity contribution is -0.167. The molecule has 1 saturated heterocycles. The van der Waals surface area contributed by atoms with E-state index in [1.807, 2.05) is 0 Å². The Morgan fingerprint density at radius 3 is 2.70 bits per heavy atom. The van der Waals surface area contributed by atoms with Crippen molar-refractivity contribution in [3.05, 3.63) is 22.8 Å². The van der Waals surface area contributed by atoms with Crippen molar-refractivity contribution in [3.63, 3.8) is 0 Å². The summed E-state index contributed by atoms with van der Waals surface area (Å²) in [5.41, 5.74) is -0.243. The van der Waals surface area contributed by atoms with Crippen molar-refractivity contribution in [2.75, 3.05) is 16.8 Å². The molecule has 17 nitrogen and oxygen atoms in total. The van der Waals surface area contributed by atoms with Crippen LogP contribution in [0.3, 0.4) is 0 Å². The van der Waals surface area contributed by atoms with Crippen molar-refractivity contribution in [2.24, 2.45) is 10.3 Å². The first kappa shape index (κ1) is 33.1. The van der Waals surface area contributed by atoms with E-state index in [4.69, 9.17) is 15.2 Å². The lowest BCUT2D eigenvalue weighted by atomic mass is 10.1. The zero-order valence-electron chi connectivity index (χ0n) is 23.2. The summed E-state index contributed by atoms with van der Waals surface area (Å²) in [6.45, 7) is -0.371. The molecule has 2 aliphatic heterocycles. The molecule has 5 rings (SSSR count). The fraction of sp³-hybridized carbons (Fsp3) is 0.478. The van der Waals surface area contributed by atoms with E-state index >= 15 is 0 Å². The van der Waals surface area contributed by atoms with E-state index in [1.165, 1.54) is 33.8 Å². The van der Waals surface area contributed by atoms with Crippen molar-refractivity contribution in [1.29, 1.82) is 0 Å². The number of carbonyl (C=O) groups excluding carboxylic acids is 3. The van der Waals surface area contributed by atoms with E-state index in [0.29, 0.717) is 35.7 Å². The first-order chi connectivity index (χ1) is 21.9. The molecule has 4 heterocycles. The van der Waals surface area contributed by atoms with Crippen molar-refractivity contribution in [3.8, 4) is 0 Å². The van der Waals surface area contributed by atoms with E-state index in [-0.39, 0.29) is 29.2 Å². The maximum Gasteiger partial charge on any atom is 0.471 e. The molecule has 2 aromatic heterocycles. The molecule has 2 fully saturated rings. The normalized spacial score (nSPS) is 20.5. The number of aliphatic carboxylic acids is 1. The Morgan fingerprint density at radius 2 is 2.00 bits per heavy atom. The van der Waals surface area contributed by atoms with Crippen LogP contribution in [0.25, 0.3) is 0 Å². The van der Waals surface area contributed by atoms with Gasteiger partial charge in [0.2, 0.25) is 5.16 Å². The van der Waals surface area contributed by atoms with E-state index < -0.39 is 52.1 Å². The molecule has 0 radical (unpaired) electrons. The molecule has 2 atom stereocenters. The number of thiazole rings is 1. The topological polar surface area (TPSA) is 226 Å². The summed E-state index contributed by atoms with van der Waals surface area (Å²) in [5, 5.41) is 40.5. The summed E-state index contributed by atoms with van der Waals surface area (Å²) in [6, 6.07) is -0.942. The van der Waals surface area contributed by atoms with E-state index in [9.17, 15) is 32.3 Å². The van der Waals surface area contributed by atoms with Crippen LogP contribution in [0.2, 0.25) is 0 Å². The highest BCUT2D eigenvalue weighted by Gasteiger charge is 2.50. The molecule has 46 heavy (non-hydrogen) atoms. The Labute approximate surface area is 268 Å². The number of β-lactam (4-membered cyclic amide) rings is 1. The summed E-state index contributed by atoms with van der Waals surface area (Å²) in [4.78, 5) is 59.6. The Morgan fingerprint density at radius 1 is 1.24 bits per heavy atom. The average molecular weight is 705 g/mol. The third kappa shape index (κ3) is 7.58. The van der Waals surface area contributed by atoms with Crippen LogP contribution in [0.5, 0.6) is 0 Å². The number of anilines is 1. The minimum atomic E-state index is -5.13. The van der Waals surface area contributed by atoms with Gasteiger partial charge in [0.1, 0.15) is 23.2 Å². The number of aromatic nitrogens is 5. The largest absolute Gasteiger partial charge is 0.477 e. The van der Waals surface area contributed by atoms with Crippen LogP contribution >= 0.6 is 34.9 Å². The van der Waals surface area contributed by atoms with Gasteiger partial charge in [0.05, 0.1) is 6.54 Å². The van der Waals surface area contributed by atoms with Crippen molar-refractivity contribution in [1.82, 2.24) is 35.4 Å². The second kappa shape index (κ2) is 14.0. The lowest BCUT2D eigenvalue weighted by Crippen LogP contribution is -2.69. The van der Waals surface area contributed by atoms with Gasteiger partial charge in [0, 0.05) is 23.1 Å². The van der Waals surface area contributed by atoms with Crippen molar-refractivity contribution < 1.29 is 47.5 Å². The fourth-order valence-electron chi connectivity index (χ4n) is 4.42. The minimum absolute atomic E-state index is 0.139. The number of nitrogens with one attached hydrogen (secondary N) is 2. The number of hydrogen-bond acceptors (Lipinski definition) is 15. The number of hydrogen-bond donors (Lipinski definition) is 4. The number of carbonyl (C=O) groups is 4. The number of carboxylic acids is 1. The average Bonchev–Trinajstić information content (AvgIpc) is 3.80. The highest BCUT2D eigenvalue weighted by molar-refractivity contribution is 8.01. The molecule has 4 N–H and O–H groups in total. The zero-order chi connectivity index (χ0) is 33.0. The van der Waals surface area contributed by atoms with Crippen LogP contribution in [-0.4, -0.2) is 111 Å². The molecular formula is C23H23F3N10O7S3. The van der Waals surface area contributed by atoms with Gasteiger partial charge in [-0.2, -0.15) is 13.2 Å². The molecule has 246 valence electrons. The standard InChI is InChI=1S/C23H23F3N10O7S3/c24-23(25,26)20(41)29-21-27-13(9-45-21)14(32-43-11-3-1-2-4-11)16(37)28-15-17(38)35-5-10(7-44-18(15)35)8-46-22-30-33-34-36(22)6-12(31-42)19(39)40/h5,9,11,15,18,42H,1-4,6-8H2,(H,28,37)(H,39,40)(H,27,29,41)/t15?,18-/m1/s1. The lowest BCUT2D eigenvalue weighted by Gasteiger charge is -2.47. The second-order valence-corrected chi connectivity index (χ2v) is 12.8. The first-order valence-corrected chi connectivity index (χ1v) is 16.2. The van der Waals surface area contributed by atoms with Crippen LogP contribution in [0.4, 0.5) is 18.3 Å². The Kier molecular flexibility index (Phi) is 10.1. The van der Waals surface area contributed by atoms with Gasteiger partial charge in [-0.3, -0.25) is 19.7 Å². The Hall–Kier alpha value is -4.25. The van der Waals surface area contributed by atoms with E-state index in [2.05, 4.69) is 36.1 Å². The molecular weight excluding hydrogens is 682 g/mol. The van der Waals surface area contributed by atoms with E-state index in [1.54, 1.807) is 11.5 Å². The zero-order valence-corrected chi connectivity index (χ0v) is 25.7. The second-order valence-electron chi connectivity index (χ2n) is 9.89. The molecule has 3 aliphatic rings. The van der Waals surface area contributed by atoms with Gasteiger partial charge < -0.3 is 25.4 Å². The van der Waals surface area contributed by atoms with Crippen molar-refractivity contribution >= 4 is 75.1 Å². The number of carboxylic acid groups (broad SMARTS) is 1. The van der Waals surface area contributed by atoms with Gasteiger partial charge in [-0.15, -0.1) is 28.2 Å². The van der Waals surface area contributed by atoms with Gasteiger partial charge >= 0.3 is 18.1 Å². The van der Waals surface area contributed by atoms with Crippen LogP contribution < -0.4 is 10.6 Å². The molecule has 2 aromatic rings. The maximum absolute atomic E-state index is 13.3. The smallest absolute Gasteiger partial charge is 0.471 e. The molecule has 1 unspecified atom stereocenters. The number of oxime groups is 2. The summed E-state index contributed by atoms with van der Waals surface area (Å²) >= 11 is 3.20. The molecule has 0 aromatic carbocycles. The van der Waals surface area contributed by atoms with Gasteiger partial charge in [0.15, 0.2) is 16.6 Å². The summed E-state index contributed by atoms with van der Waals surface area (Å²) in [6.07, 6.45) is -0.518. The van der Waals surface area contributed by atoms with Gasteiger partial charge in [-0.25, -0.2) is 14.5 Å². The number of alkyl halides is 3. The molecule has 1 saturated carbocycles. The molecule has 1 aliphatic carbocycles. The molecule has 23 heteroatoms. The number of nitrogens with zero attached hydrogens (tertiary/aromatic N) is 8. The number of fused-ring (bicyclic) bond motifs is 1. The number of tetrazole rings is 1. The quantitative estimate of drug-likeness (QED) is 0.0804. The first-order valence-electron chi connectivity index (χ1n) is 13.3. The van der Waals surface area contributed by atoms with E-state index in [0.717, 1.165) is 23.1 Å². The van der Waals surface area contributed by atoms with Crippen LogP contribution in [0.15, 0.2) is 32.6 Å².